The first kappa shape index (κ1) is 35.7. The largest absolute Gasteiger partial charge is 0.352 e. The highest BCUT2D eigenvalue weighted by atomic mass is 35.5. The number of halogens is 1. The first-order valence-electron chi connectivity index (χ1n) is 16.0. The van der Waals surface area contributed by atoms with Gasteiger partial charge in [0.15, 0.2) is 0 Å². The third-order valence-corrected chi connectivity index (χ3v) is 10.3. The minimum Gasteiger partial charge on any atom is -0.352 e. The average Bonchev–Trinajstić information content (AvgIpc) is 3.05. The van der Waals surface area contributed by atoms with E-state index < -0.39 is 28.5 Å². The molecule has 0 aliphatic carbocycles. The Morgan fingerprint density at radius 1 is 0.830 bits per heavy atom. The molecule has 0 aliphatic heterocycles. The Kier molecular flexibility index (Phi) is 12.2. The summed E-state index contributed by atoms with van der Waals surface area (Å²) in [6.45, 7) is 9.43. The van der Waals surface area contributed by atoms with E-state index in [1.54, 1.807) is 54.6 Å². The molecule has 0 aromatic heterocycles. The number of sulfonamides is 1. The van der Waals surface area contributed by atoms with Crippen LogP contribution in [0.1, 0.15) is 62.3 Å². The predicted octanol–water partition coefficient (Wildman–Crippen LogP) is 7.52. The van der Waals surface area contributed by atoms with Gasteiger partial charge in [0.25, 0.3) is 10.0 Å². The molecule has 4 aromatic rings. The quantitative estimate of drug-likeness (QED) is 0.150. The number of amides is 2. The van der Waals surface area contributed by atoms with Crippen molar-refractivity contribution < 1.29 is 18.0 Å². The van der Waals surface area contributed by atoms with Crippen LogP contribution in [0.4, 0.5) is 5.69 Å². The van der Waals surface area contributed by atoms with E-state index in [1.165, 1.54) is 4.90 Å². The Labute approximate surface area is 284 Å². The minimum absolute atomic E-state index is 0.0511. The van der Waals surface area contributed by atoms with Crippen molar-refractivity contribution in [3.8, 4) is 0 Å². The second-order valence-electron chi connectivity index (χ2n) is 12.2. The molecule has 0 aliphatic rings. The van der Waals surface area contributed by atoms with E-state index in [2.05, 4.69) is 19.2 Å². The monoisotopic (exact) mass is 673 g/mol. The van der Waals surface area contributed by atoms with Crippen LogP contribution in [0.5, 0.6) is 0 Å². The van der Waals surface area contributed by atoms with Crippen molar-refractivity contribution in [2.24, 2.45) is 0 Å². The molecule has 4 rings (SSSR count). The van der Waals surface area contributed by atoms with E-state index in [0.717, 1.165) is 26.6 Å². The van der Waals surface area contributed by atoms with Crippen LogP contribution in [-0.4, -0.2) is 43.8 Å². The van der Waals surface area contributed by atoms with Gasteiger partial charge in [-0.1, -0.05) is 105 Å². The average molecular weight is 674 g/mol. The van der Waals surface area contributed by atoms with Gasteiger partial charge in [-0.3, -0.25) is 13.9 Å². The smallest absolute Gasteiger partial charge is 0.264 e. The highest BCUT2D eigenvalue weighted by molar-refractivity contribution is 7.92. The summed E-state index contributed by atoms with van der Waals surface area (Å²) in [4.78, 5) is 30.1. The third-order valence-electron chi connectivity index (χ3n) is 8.25. The fraction of sp³-hybridized carbons (Fsp3) is 0.316. The molecule has 9 heteroatoms. The molecule has 0 saturated carbocycles. The van der Waals surface area contributed by atoms with Crippen LogP contribution >= 0.6 is 11.6 Å². The molecule has 0 saturated heterocycles. The number of nitrogens with one attached hydrogen (secondary N) is 1. The van der Waals surface area contributed by atoms with Crippen LogP contribution in [0.15, 0.2) is 108 Å². The van der Waals surface area contributed by atoms with Gasteiger partial charge in [-0.05, 0) is 79.3 Å². The van der Waals surface area contributed by atoms with Gasteiger partial charge in [-0.25, -0.2) is 8.42 Å². The molecule has 7 nitrogen and oxygen atoms in total. The van der Waals surface area contributed by atoms with Gasteiger partial charge in [0.1, 0.15) is 12.6 Å². The summed E-state index contributed by atoms with van der Waals surface area (Å²) in [6.07, 6.45) is 0.949. The van der Waals surface area contributed by atoms with Crippen molar-refractivity contribution >= 4 is 39.1 Å². The zero-order chi connectivity index (χ0) is 34.1. The van der Waals surface area contributed by atoms with E-state index >= 15 is 0 Å². The van der Waals surface area contributed by atoms with Crippen molar-refractivity contribution in [1.82, 2.24) is 10.2 Å². The Hall–Kier alpha value is -4.14. The number of carbonyl (C=O) groups is 2. The maximum absolute atomic E-state index is 14.6. The van der Waals surface area contributed by atoms with E-state index in [9.17, 15) is 18.0 Å². The van der Waals surface area contributed by atoms with Crippen LogP contribution in [0, 0.1) is 6.92 Å². The Balaban J connectivity index is 1.82. The summed E-state index contributed by atoms with van der Waals surface area (Å²) < 4.78 is 29.7. The van der Waals surface area contributed by atoms with Gasteiger partial charge >= 0.3 is 0 Å². The third kappa shape index (κ3) is 9.46. The van der Waals surface area contributed by atoms with Crippen LogP contribution in [-0.2, 0) is 32.6 Å². The number of aryl methyl sites for hydroxylation is 1. The van der Waals surface area contributed by atoms with E-state index in [4.69, 9.17) is 11.6 Å². The number of nitrogens with zero attached hydrogens (tertiary/aromatic N) is 2. The molecule has 4 aromatic carbocycles. The highest BCUT2D eigenvalue weighted by Crippen LogP contribution is 2.27. The summed E-state index contributed by atoms with van der Waals surface area (Å²) in [6, 6.07) is 29.3. The molecule has 2 amide bonds. The van der Waals surface area contributed by atoms with Crippen LogP contribution < -0.4 is 9.62 Å². The number of anilines is 1. The molecule has 0 radical (unpaired) electrons. The van der Waals surface area contributed by atoms with Crippen LogP contribution in [0.3, 0.4) is 0 Å². The summed E-state index contributed by atoms with van der Waals surface area (Å²) in [5.74, 6) is -0.592. The summed E-state index contributed by atoms with van der Waals surface area (Å²) in [5.41, 5.74) is 3.90. The van der Waals surface area contributed by atoms with Gasteiger partial charge in [0.05, 0.1) is 10.6 Å². The number of hydrogen-bond donors (Lipinski definition) is 1. The first-order chi connectivity index (χ1) is 22.4. The van der Waals surface area contributed by atoms with Gasteiger partial charge in [-0.15, -0.1) is 0 Å². The lowest BCUT2D eigenvalue weighted by atomic mass is 10.0. The second kappa shape index (κ2) is 16.1. The number of carbonyl (C=O) groups excluding carboxylic acids is 2. The molecule has 248 valence electrons. The normalized spacial score (nSPS) is 12.7. The second-order valence-corrected chi connectivity index (χ2v) is 14.5. The van der Waals surface area contributed by atoms with Crippen LogP contribution in [0.25, 0.3) is 0 Å². The van der Waals surface area contributed by atoms with Gasteiger partial charge in [-0.2, -0.15) is 0 Å². The maximum atomic E-state index is 14.6. The molecule has 0 fully saturated rings. The Morgan fingerprint density at radius 2 is 1.47 bits per heavy atom. The van der Waals surface area contributed by atoms with Gasteiger partial charge in [0.2, 0.25) is 11.8 Å². The summed E-state index contributed by atoms with van der Waals surface area (Å²) in [5, 5.41) is 3.55. The van der Waals surface area contributed by atoms with Crippen molar-refractivity contribution in [3.63, 3.8) is 0 Å². The minimum atomic E-state index is -4.18. The zero-order valence-electron chi connectivity index (χ0n) is 27.7. The van der Waals surface area contributed by atoms with Crippen molar-refractivity contribution in [1.29, 1.82) is 0 Å². The van der Waals surface area contributed by atoms with Crippen LogP contribution in [0.2, 0.25) is 5.02 Å². The molecule has 0 bridgehead atoms. The summed E-state index contributed by atoms with van der Waals surface area (Å²) in [7, 11) is -4.18. The van der Waals surface area contributed by atoms with Gasteiger partial charge < -0.3 is 10.2 Å². The first-order valence-corrected chi connectivity index (χ1v) is 17.8. The van der Waals surface area contributed by atoms with Gasteiger partial charge in [0, 0.05) is 24.0 Å². The fourth-order valence-corrected chi connectivity index (χ4v) is 6.85. The van der Waals surface area contributed by atoms with Crippen molar-refractivity contribution in [2.75, 3.05) is 10.8 Å². The maximum Gasteiger partial charge on any atom is 0.264 e. The number of benzene rings is 4. The zero-order valence-corrected chi connectivity index (χ0v) is 29.3. The molecule has 0 unspecified atom stereocenters. The van der Waals surface area contributed by atoms with E-state index in [-0.39, 0.29) is 35.7 Å². The summed E-state index contributed by atoms with van der Waals surface area (Å²) >= 11 is 6.34. The SMILES string of the molecule is CC[C@@H](C)NC(=O)[C@@H](Cc1ccccc1)N(Cc1cccc(Cl)c1)C(=O)CN(c1ccc(C(C)C)cc1)S(=O)(=O)c1ccc(C)cc1. The molecular formula is C38H44ClN3O4S. The van der Waals surface area contributed by atoms with Crippen molar-refractivity contribution in [3.05, 3.63) is 130 Å². The molecular weight excluding hydrogens is 630 g/mol. The standard InChI is InChI=1S/C38H44ClN3O4S/c1-6-29(5)40-38(44)36(24-30-11-8-7-9-12-30)41(25-31-13-10-14-33(39)23-31)37(43)26-42(34-19-17-32(18-20-34)27(2)3)47(45,46)35-21-15-28(4)16-22-35/h7-23,27,29,36H,6,24-26H2,1-5H3,(H,40,44)/t29-,36-/m1/s1. The Morgan fingerprint density at radius 3 is 2.06 bits per heavy atom. The topological polar surface area (TPSA) is 86.8 Å². The number of rotatable bonds is 14. The Bertz CT molecular complexity index is 1740. The fourth-order valence-electron chi connectivity index (χ4n) is 5.22. The molecule has 0 heterocycles. The molecule has 0 spiro atoms. The lowest BCUT2D eigenvalue weighted by molar-refractivity contribution is -0.140. The number of hydrogen-bond acceptors (Lipinski definition) is 4. The van der Waals surface area contributed by atoms with E-state index in [0.29, 0.717) is 17.1 Å². The highest BCUT2D eigenvalue weighted by Gasteiger charge is 2.35. The molecule has 47 heavy (non-hydrogen) atoms. The van der Waals surface area contributed by atoms with Crippen molar-refractivity contribution in [2.45, 2.75) is 76.9 Å². The predicted molar refractivity (Wildman–Crippen MR) is 190 cm³/mol. The lowest BCUT2D eigenvalue weighted by Gasteiger charge is -2.34. The lowest BCUT2D eigenvalue weighted by Crippen LogP contribution is -2.54. The molecule has 1 N–H and O–H groups in total. The van der Waals surface area contributed by atoms with E-state index in [1.807, 2.05) is 69.3 Å². The molecule has 2 atom stereocenters.